The highest BCUT2D eigenvalue weighted by atomic mass is 16.8. The third kappa shape index (κ3) is 4.32. The van der Waals surface area contributed by atoms with Crippen LogP contribution in [0.4, 0.5) is 4.79 Å². The number of fused-ring (bicyclic) bond motifs is 1. The maximum Gasteiger partial charge on any atom is 0.534 e. The zero-order valence-corrected chi connectivity index (χ0v) is 19.1. The number of allylic oxidation sites excluding steroid dienone is 1. The van der Waals surface area contributed by atoms with Crippen LogP contribution in [0.5, 0.6) is 0 Å². The van der Waals surface area contributed by atoms with Gasteiger partial charge in [-0.3, -0.25) is 0 Å². The van der Waals surface area contributed by atoms with Gasteiger partial charge in [0.05, 0.1) is 18.3 Å². The Kier molecular flexibility index (Phi) is 5.42. The van der Waals surface area contributed by atoms with Crippen LogP contribution in [0.25, 0.3) is 17.0 Å². The molecule has 3 heterocycles. The van der Waals surface area contributed by atoms with Gasteiger partial charge in [-0.1, -0.05) is 18.2 Å². The molecule has 3 aromatic rings. The molecule has 0 aliphatic carbocycles. The van der Waals surface area contributed by atoms with Gasteiger partial charge in [-0.15, -0.1) is 0 Å². The second kappa shape index (κ2) is 8.07. The molecule has 0 unspecified atom stereocenters. The average Bonchev–Trinajstić information content (AvgIpc) is 3.36. The van der Waals surface area contributed by atoms with Crippen molar-refractivity contribution in [2.45, 2.75) is 40.2 Å². The highest BCUT2D eigenvalue weighted by molar-refractivity contribution is 6.13. The first-order chi connectivity index (χ1) is 15.1. The van der Waals surface area contributed by atoms with E-state index in [1.807, 2.05) is 56.3 Å². The molecule has 0 radical (unpaired) electrons. The maximum atomic E-state index is 12.4. The van der Waals surface area contributed by atoms with Gasteiger partial charge in [-0.05, 0) is 64.5 Å². The van der Waals surface area contributed by atoms with Crippen molar-refractivity contribution >= 4 is 28.8 Å². The summed E-state index contributed by atoms with van der Waals surface area (Å²) in [5.41, 5.74) is 5.15. The molecule has 32 heavy (non-hydrogen) atoms. The zero-order valence-electron chi connectivity index (χ0n) is 19.1. The summed E-state index contributed by atoms with van der Waals surface area (Å²) in [4.78, 5) is 26.2. The molecule has 1 aliphatic heterocycles. The van der Waals surface area contributed by atoms with E-state index in [1.54, 1.807) is 27.9 Å². The van der Waals surface area contributed by atoms with Crippen LogP contribution in [-0.4, -0.2) is 34.3 Å². The zero-order chi connectivity index (χ0) is 23.0. The third-order valence-electron chi connectivity index (χ3n) is 4.94. The Morgan fingerprint density at radius 2 is 1.91 bits per heavy atom. The van der Waals surface area contributed by atoms with Crippen molar-refractivity contribution in [3.8, 4) is 0 Å². The molecular formula is C25H27N3O4. The monoisotopic (exact) mass is 433 g/mol. The Bertz CT molecular complexity index is 1280. The number of hydrogen-bond acceptors (Lipinski definition) is 5. The van der Waals surface area contributed by atoms with Gasteiger partial charge in [-0.2, -0.15) is 4.73 Å². The minimum absolute atomic E-state index is 0.619. The predicted octanol–water partition coefficient (Wildman–Crippen LogP) is 5.32. The van der Waals surface area contributed by atoms with Gasteiger partial charge < -0.3 is 19.3 Å². The van der Waals surface area contributed by atoms with Crippen molar-refractivity contribution in [1.29, 1.82) is 0 Å². The molecule has 0 spiro atoms. The van der Waals surface area contributed by atoms with Crippen LogP contribution in [0, 0.1) is 13.8 Å². The van der Waals surface area contributed by atoms with E-state index >= 15 is 0 Å². The van der Waals surface area contributed by atoms with Crippen LogP contribution in [0.15, 0.2) is 58.9 Å². The van der Waals surface area contributed by atoms with Crippen molar-refractivity contribution < 1.29 is 19.1 Å². The van der Waals surface area contributed by atoms with Crippen molar-refractivity contribution in [2.75, 3.05) is 7.11 Å². The van der Waals surface area contributed by atoms with Gasteiger partial charge >= 0.3 is 6.16 Å². The maximum absolute atomic E-state index is 12.4. The summed E-state index contributed by atoms with van der Waals surface area (Å²) >= 11 is 0. The number of nitrogens with one attached hydrogen (secondary N) is 1. The summed E-state index contributed by atoms with van der Waals surface area (Å²) in [6, 6.07) is 11.6. The van der Waals surface area contributed by atoms with Crippen molar-refractivity contribution in [2.24, 2.45) is 4.99 Å². The number of aromatic nitrogens is 2. The molecule has 0 amide bonds. The Morgan fingerprint density at radius 3 is 2.56 bits per heavy atom. The molecule has 0 atom stereocenters. The Labute approximate surface area is 187 Å². The minimum atomic E-state index is -0.789. The van der Waals surface area contributed by atoms with Gasteiger partial charge in [0.1, 0.15) is 22.8 Å². The third-order valence-corrected chi connectivity index (χ3v) is 4.94. The van der Waals surface area contributed by atoms with Crippen LogP contribution in [-0.2, 0) is 9.47 Å². The largest absolute Gasteiger partial charge is 0.534 e. The quantitative estimate of drug-likeness (QED) is 0.565. The number of aryl methyl sites for hydroxylation is 2. The molecular weight excluding hydrogens is 406 g/mol. The van der Waals surface area contributed by atoms with E-state index in [0.717, 1.165) is 27.9 Å². The molecule has 0 fully saturated rings. The molecule has 0 bridgehead atoms. The number of aliphatic imine (C=N–C) groups is 1. The Hall–Kier alpha value is -3.74. The van der Waals surface area contributed by atoms with E-state index in [9.17, 15) is 4.79 Å². The number of carbonyl (C=O) groups is 1. The van der Waals surface area contributed by atoms with E-state index in [1.165, 1.54) is 4.73 Å². The minimum Gasteiger partial charge on any atom is -0.494 e. The van der Waals surface area contributed by atoms with Crippen molar-refractivity contribution in [3.05, 3.63) is 76.6 Å². The highest BCUT2D eigenvalue weighted by Gasteiger charge is 2.25. The van der Waals surface area contributed by atoms with Crippen molar-refractivity contribution in [1.82, 2.24) is 9.71 Å². The summed E-state index contributed by atoms with van der Waals surface area (Å²) in [5.74, 6) is 0.626. The van der Waals surface area contributed by atoms with E-state index in [4.69, 9.17) is 19.3 Å². The predicted molar refractivity (Wildman–Crippen MR) is 125 cm³/mol. The van der Waals surface area contributed by atoms with Gasteiger partial charge in [0.25, 0.3) is 0 Å². The summed E-state index contributed by atoms with van der Waals surface area (Å²) in [6.07, 6.45) is 3.00. The lowest BCUT2D eigenvalue weighted by Crippen LogP contribution is -2.31. The van der Waals surface area contributed by atoms with Crippen LogP contribution in [0.1, 0.15) is 43.4 Å². The van der Waals surface area contributed by atoms with E-state index < -0.39 is 11.8 Å². The fourth-order valence-corrected chi connectivity index (χ4v) is 3.60. The second-order valence-corrected chi connectivity index (χ2v) is 8.73. The number of carbonyl (C=O) groups excluding carboxylic acids is 1. The molecule has 7 heteroatoms. The molecule has 2 aromatic heterocycles. The lowest BCUT2D eigenvalue weighted by molar-refractivity contribution is -0.00893. The summed E-state index contributed by atoms with van der Waals surface area (Å²) in [5, 5.41) is 0.911. The number of rotatable bonds is 4. The molecule has 1 aliphatic rings. The van der Waals surface area contributed by atoms with E-state index in [0.29, 0.717) is 22.9 Å². The normalized spacial score (nSPS) is 15.1. The SMILES string of the molecule is COC1=CC(c2cc3ccccc3n2OC(=O)OC(C)(C)C)=NC1=Cc1[nH]c(C)cc1C. The topological polar surface area (TPSA) is 77.8 Å². The molecule has 7 nitrogen and oxygen atoms in total. The number of para-hydroxylation sites is 1. The van der Waals surface area contributed by atoms with E-state index in [2.05, 4.69) is 11.1 Å². The Morgan fingerprint density at radius 1 is 1.16 bits per heavy atom. The number of H-pyrrole nitrogens is 1. The van der Waals surface area contributed by atoms with Gasteiger partial charge in [0.2, 0.25) is 0 Å². The Balaban J connectivity index is 1.78. The number of aromatic amines is 1. The van der Waals surface area contributed by atoms with Crippen LogP contribution < -0.4 is 4.84 Å². The first kappa shape index (κ1) is 21.5. The summed E-state index contributed by atoms with van der Waals surface area (Å²) in [6.45, 7) is 9.42. The molecule has 1 N–H and O–H groups in total. The van der Waals surface area contributed by atoms with Gasteiger partial charge in [0.15, 0.2) is 0 Å². The van der Waals surface area contributed by atoms with Gasteiger partial charge in [-0.25, -0.2) is 9.79 Å². The van der Waals surface area contributed by atoms with Crippen LogP contribution in [0.3, 0.4) is 0 Å². The number of hydrogen-bond donors (Lipinski definition) is 1. The lowest BCUT2D eigenvalue weighted by atomic mass is 10.2. The highest BCUT2D eigenvalue weighted by Crippen LogP contribution is 2.28. The molecule has 0 saturated heterocycles. The van der Waals surface area contributed by atoms with Gasteiger partial charge in [0, 0.05) is 22.9 Å². The molecule has 166 valence electrons. The average molecular weight is 434 g/mol. The second-order valence-electron chi connectivity index (χ2n) is 8.73. The van der Waals surface area contributed by atoms with E-state index in [-0.39, 0.29) is 0 Å². The smallest absolute Gasteiger partial charge is 0.494 e. The fraction of sp³-hybridized carbons (Fsp3) is 0.280. The number of benzene rings is 1. The van der Waals surface area contributed by atoms with Crippen molar-refractivity contribution in [3.63, 3.8) is 0 Å². The fourth-order valence-electron chi connectivity index (χ4n) is 3.60. The molecule has 0 saturated carbocycles. The first-order valence-electron chi connectivity index (χ1n) is 10.4. The standard InChI is InChI=1S/C25H27N3O4/c1-15-11-16(2)26-18(15)13-20-23(30-6)14-19(27-20)22-12-17-9-7-8-10-21(17)28(22)32-24(29)31-25(3,4)5/h7-14,26H,1-6H3. The molecule has 1 aromatic carbocycles. The molecule has 4 rings (SSSR count). The first-order valence-corrected chi connectivity index (χ1v) is 10.4. The van der Waals surface area contributed by atoms with Crippen LogP contribution >= 0.6 is 0 Å². The number of ether oxygens (including phenoxy) is 2. The van der Waals surface area contributed by atoms with Crippen LogP contribution in [0.2, 0.25) is 0 Å². The number of methoxy groups -OCH3 is 1. The lowest BCUT2D eigenvalue weighted by Gasteiger charge is -2.19. The number of nitrogens with zero attached hydrogens (tertiary/aromatic N) is 2. The summed E-state index contributed by atoms with van der Waals surface area (Å²) in [7, 11) is 1.61. The summed E-state index contributed by atoms with van der Waals surface area (Å²) < 4.78 is 12.4.